The molecule has 4 nitrogen and oxygen atoms in total. The Bertz CT molecular complexity index is 495. The quantitative estimate of drug-likeness (QED) is 0.678. The SMILES string of the molecule is CCN(Cc1ccccc1)c1cc(I)nc(N)n1. The van der Waals surface area contributed by atoms with Crippen LogP contribution in [0.5, 0.6) is 0 Å². The van der Waals surface area contributed by atoms with Crippen LogP contribution in [0, 0.1) is 3.70 Å². The molecule has 0 aliphatic heterocycles. The van der Waals surface area contributed by atoms with Gasteiger partial charge < -0.3 is 10.6 Å². The number of hydrogen-bond acceptors (Lipinski definition) is 4. The summed E-state index contributed by atoms with van der Waals surface area (Å²) >= 11 is 2.15. The molecule has 1 aromatic heterocycles. The van der Waals surface area contributed by atoms with Crippen molar-refractivity contribution in [3.05, 3.63) is 45.7 Å². The molecule has 0 radical (unpaired) electrons. The average molecular weight is 354 g/mol. The van der Waals surface area contributed by atoms with E-state index in [-0.39, 0.29) is 0 Å². The van der Waals surface area contributed by atoms with Crippen molar-refractivity contribution in [3.8, 4) is 0 Å². The van der Waals surface area contributed by atoms with E-state index in [0.717, 1.165) is 22.6 Å². The van der Waals surface area contributed by atoms with Gasteiger partial charge in [0.2, 0.25) is 5.95 Å². The molecule has 0 aliphatic carbocycles. The Morgan fingerprint density at radius 2 is 1.94 bits per heavy atom. The number of aromatic nitrogens is 2. The van der Waals surface area contributed by atoms with Crippen molar-refractivity contribution >= 4 is 34.4 Å². The summed E-state index contributed by atoms with van der Waals surface area (Å²) in [6.45, 7) is 3.80. The fourth-order valence-corrected chi connectivity index (χ4v) is 2.27. The van der Waals surface area contributed by atoms with Crippen LogP contribution in [-0.2, 0) is 6.54 Å². The predicted octanol–water partition coefficient (Wildman–Crippen LogP) is 2.69. The molecule has 0 atom stereocenters. The largest absolute Gasteiger partial charge is 0.368 e. The summed E-state index contributed by atoms with van der Waals surface area (Å²) in [6.07, 6.45) is 0. The molecule has 94 valence electrons. The lowest BCUT2D eigenvalue weighted by molar-refractivity contribution is 0.810. The van der Waals surface area contributed by atoms with Gasteiger partial charge in [-0.2, -0.15) is 4.98 Å². The first kappa shape index (κ1) is 13.1. The van der Waals surface area contributed by atoms with Crippen LogP contribution < -0.4 is 10.6 Å². The topological polar surface area (TPSA) is 55.0 Å². The van der Waals surface area contributed by atoms with Gasteiger partial charge >= 0.3 is 0 Å². The molecular weight excluding hydrogens is 339 g/mol. The summed E-state index contributed by atoms with van der Waals surface area (Å²) in [7, 11) is 0. The molecule has 1 aromatic carbocycles. The normalized spacial score (nSPS) is 10.3. The second kappa shape index (κ2) is 5.99. The van der Waals surface area contributed by atoms with E-state index in [1.165, 1.54) is 5.56 Å². The lowest BCUT2D eigenvalue weighted by Gasteiger charge is -2.22. The van der Waals surface area contributed by atoms with Gasteiger partial charge in [-0.1, -0.05) is 30.3 Å². The zero-order chi connectivity index (χ0) is 13.0. The van der Waals surface area contributed by atoms with Crippen molar-refractivity contribution in [1.29, 1.82) is 0 Å². The molecule has 1 heterocycles. The fraction of sp³-hybridized carbons (Fsp3) is 0.231. The Kier molecular flexibility index (Phi) is 4.35. The van der Waals surface area contributed by atoms with Crippen molar-refractivity contribution < 1.29 is 0 Å². The molecule has 0 aliphatic rings. The van der Waals surface area contributed by atoms with E-state index in [2.05, 4.69) is 56.5 Å². The van der Waals surface area contributed by atoms with E-state index in [0.29, 0.717) is 5.95 Å². The van der Waals surface area contributed by atoms with Crippen molar-refractivity contribution in [1.82, 2.24) is 9.97 Å². The number of benzene rings is 1. The van der Waals surface area contributed by atoms with Crippen LogP contribution in [0.25, 0.3) is 0 Å². The molecule has 2 N–H and O–H groups in total. The monoisotopic (exact) mass is 354 g/mol. The number of nitrogen functional groups attached to an aromatic ring is 1. The highest BCUT2D eigenvalue weighted by Gasteiger charge is 2.09. The number of anilines is 2. The number of rotatable bonds is 4. The van der Waals surface area contributed by atoms with Crippen molar-refractivity contribution in [2.45, 2.75) is 13.5 Å². The van der Waals surface area contributed by atoms with E-state index in [9.17, 15) is 0 Å². The Labute approximate surface area is 120 Å². The third-order valence-electron chi connectivity index (χ3n) is 2.62. The Morgan fingerprint density at radius 3 is 2.56 bits per heavy atom. The van der Waals surface area contributed by atoms with Gasteiger partial charge in [0.05, 0.1) is 0 Å². The van der Waals surface area contributed by atoms with Gasteiger partial charge in [0.15, 0.2) is 0 Å². The maximum Gasteiger partial charge on any atom is 0.222 e. The summed E-state index contributed by atoms with van der Waals surface area (Å²) in [6, 6.07) is 12.3. The maximum absolute atomic E-state index is 5.69. The standard InChI is InChI=1S/C13H15IN4/c1-2-18(9-10-6-4-3-5-7-10)12-8-11(14)16-13(15)17-12/h3-8H,2,9H2,1H3,(H2,15,16,17). The van der Waals surface area contributed by atoms with E-state index >= 15 is 0 Å². The van der Waals surface area contributed by atoms with E-state index < -0.39 is 0 Å². The lowest BCUT2D eigenvalue weighted by atomic mass is 10.2. The van der Waals surface area contributed by atoms with E-state index in [1.54, 1.807) is 0 Å². The first-order valence-corrected chi connectivity index (χ1v) is 6.86. The lowest BCUT2D eigenvalue weighted by Crippen LogP contribution is -2.23. The average Bonchev–Trinajstić information content (AvgIpc) is 2.36. The van der Waals surface area contributed by atoms with Gasteiger partial charge in [-0.15, -0.1) is 0 Å². The van der Waals surface area contributed by atoms with Gasteiger partial charge in [-0.3, -0.25) is 0 Å². The second-order valence-electron chi connectivity index (χ2n) is 3.91. The highest BCUT2D eigenvalue weighted by atomic mass is 127. The van der Waals surface area contributed by atoms with Crippen LogP contribution >= 0.6 is 22.6 Å². The minimum Gasteiger partial charge on any atom is -0.368 e. The molecule has 0 amide bonds. The van der Waals surface area contributed by atoms with Gasteiger partial charge in [-0.25, -0.2) is 4.98 Å². The van der Waals surface area contributed by atoms with Gasteiger partial charge in [0, 0.05) is 19.2 Å². The van der Waals surface area contributed by atoms with Gasteiger partial charge in [-0.05, 0) is 35.1 Å². The number of nitrogens with zero attached hydrogens (tertiary/aromatic N) is 3. The smallest absolute Gasteiger partial charge is 0.222 e. The predicted molar refractivity (Wildman–Crippen MR) is 82.3 cm³/mol. The molecule has 0 saturated carbocycles. The van der Waals surface area contributed by atoms with Gasteiger partial charge in [0.1, 0.15) is 9.52 Å². The van der Waals surface area contributed by atoms with Crippen LogP contribution in [0.15, 0.2) is 36.4 Å². The Morgan fingerprint density at radius 1 is 1.22 bits per heavy atom. The zero-order valence-corrected chi connectivity index (χ0v) is 12.3. The molecule has 0 fully saturated rings. The highest BCUT2D eigenvalue weighted by molar-refractivity contribution is 14.1. The Balaban J connectivity index is 2.23. The zero-order valence-electron chi connectivity index (χ0n) is 10.2. The molecule has 0 bridgehead atoms. The van der Waals surface area contributed by atoms with Crippen molar-refractivity contribution in [2.75, 3.05) is 17.2 Å². The third kappa shape index (κ3) is 3.32. The first-order chi connectivity index (χ1) is 8.69. The summed E-state index contributed by atoms with van der Waals surface area (Å²) in [5.41, 5.74) is 6.95. The van der Waals surface area contributed by atoms with Crippen LogP contribution in [0.1, 0.15) is 12.5 Å². The summed E-state index contributed by atoms with van der Waals surface area (Å²) in [5.74, 6) is 1.20. The number of nitrogens with two attached hydrogens (primary N) is 1. The highest BCUT2D eigenvalue weighted by Crippen LogP contribution is 2.17. The van der Waals surface area contributed by atoms with E-state index in [4.69, 9.17) is 5.73 Å². The molecule has 0 spiro atoms. The fourth-order valence-electron chi connectivity index (χ4n) is 1.74. The minimum absolute atomic E-state index is 0.323. The maximum atomic E-state index is 5.69. The van der Waals surface area contributed by atoms with Crippen LogP contribution in [0.4, 0.5) is 11.8 Å². The summed E-state index contributed by atoms with van der Waals surface area (Å²) < 4.78 is 0.863. The molecular formula is C13H15IN4. The third-order valence-corrected chi connectivity index (χ3v) is 3.17. The number of halogens is 1. The van der Waals surface area contributed by atoms with Crippen LogP contribution in [0.3, 0.4) is 0 Å². The molecule has 0 saturated heterocycles. The van der Waals surface area contributed by atoms with Crippen molar-refractivity contribution in [2.24, 2.45) is 0 Å². The molecule has 2 aromatic rings. The molecule has 5 heteroatoms. The molecule has 2 rings (SSSR count). The Hall–Kier alpha value is -1.37. The summed E-state index contributed by atoms with van der Waals surface area (Å²) in [5, 5.41) is 0. The van der Waals surface area contributed by atoms with Crippen molar-refractivity contribution in [3.63, 3.8) is 0 Å². The first-order valence-electron chi connectivity index (χ1n) is 5.78. The second-order valence-corrected chi connectivity index (χ2v) is 5.01. The van der Waals surface area contributed by atoms with Crippen LogP contribution in [0.2, 0.25) is 0 Å². The van der Waals surface area contributed by atoms with Gasteiger partial charge in [0.25, 0.3) is 0 Å². The van der Waals surface area contributed by atoms with E-state index in [1.807, 2.05) is 24.3 Å². The van der Waals surface area contributed by atoms with Crippen LogP contribution in [-0.4, -0.2) is 16.5 Å². The summed E-state index contributed by atoms with van der Waals surface area (Å²) in [4.78, 5) is 10.5. The minimum atomic E-state index is 0.323. The number of hydrogen-bond donors (Lipinski definition) is 1. The molecule has 18 heavy (non-hydrogen) atoms. The molecule has 0 unspecified atom stereocenters.